The molecule has 0 aliphatic carbocycles. The normalized spacial score (nSPS) is 20.8. The third kappa shape index (κ3) is 3.27. The van der Waals surface area contributed by atoms with Gasteiger partial charge in [-0.1, -0.05) is 12.1 Å². The van der Waals surface area contributed by atoms with Crippen molar-refractivity contribution < 1.29 is 9.13 Å². The van der Waals surface area contributed by atoms with E-state index in [0.29, 0.717) is 18.4 Å². The predicted octanol–water partition coefficient (Wildman–Crippen LogP) is 3.81. The molecule has 1 aliphatic heterocycles. The quantitative estimate of drug-likeness (QED) is 0.820. The minimum absolute atomic E-state index is 0.167. The first-order valence-electron chi connectivity index (χ1n) is 7.28. The summed E-state index contributed by atoms with van der Waals surface area (Å²) in [4.78, 5) is 2.43. The van der Waals surface area contributed by atoms with Gasteiger partial charge in [-0.25, -0.2) is 4.39 Å². The number of ether oxygens (including phenoxy) is 1. The van der Waals surface area contributed by atoms with Gasteiger partial charge in [0.2, 0.25) is 0 Å². The number of piperidine rings is 1. The van der Waals surface area contributed by atoms with Crippen LogP contribution in [0.25, 0.3) is 0 Å². The van der Waals surface area contributed by atoms with Crippen molar-refractivity contribution in [3.8, 4) is 5.75 Å². The molecule has 1 aliphatic rings. The van der Waals surface area contributed by atoms with Crippen LogP contribution in [0.15, 0.2) is 18.2 Å². The van der Waals surface area contributed by atoms with Gasteiger partial charge >= 0.3 is 0 Å². The second-order valence-corrected chi connectivity index (χ2v) is 5.52. The zero-order valence-corrected chi connectivity index (χ0v) is 12.2. The van der Waals surface area contributed by atoms with Crippen LogP contribution in [-0.2, 0) is 0 Å². The summed E-state index contributed by atoms with van der Waals surface area (Å²) in [6, 6.07) is 6.05. The van der Waals surface area contributed by atoms with Gasteiger partial charge in [0, 0.05) is 12.6 Å². The SMILES string of the molecule is CCOc1cccc(C2CCCN(C(C)C)C2)c1F. The van der Waals surface area contributed by atoms with Crippen molar-refractivity contribution in [2.24, 2.45) is 0 Å². The lowest BCUT2D eigenvalue weighted by atomic mass is 9.89. The fourth-order valence-corrected chi connectivity index (χ4v) is 2.84. The largest absolute Gasteiger partial charge is 0.491 e. The highest BCUT2D eigenvalue weighted by atomic mass is 19.1. The van der Waals surface area contributed by atoms with Crippen molar-refractivity contribution in [2.75, 3.05) is 19.7 Å². The molecule has 0 saturated carbocycles. The number of hydrogen-bond acceptors (Lipinski definition) is 2. The van der Waals surface area contributed by atoms with Gasteiger partial charge in [0.1, 0.15) is 0 Å². The maximum absolute atomic E-state index is 14.4. The Morgan fingerprint density at radius 1 is 1.42 bits per heavy atom. The molecule has 0 spiro atoms. The summed E-state index contributed by atoms with van der Waals surface area (Å²) in [6.07, 6.45) is 2.21. The molecule has 2 nitrogen and oxygen atoms in total. The average Bonchev–Trinajstić information content (AvgIpc) is 2.41. The molecule has 0 aromatic heterocycles. The first-order chi connectivity index (χ1) is 9.13. The fraction of sp³-hybridized carbons (Fsp3) is 0.625. The van der Waals surface area contributed by atoms with Gasteiger partial charge in [-0.15, -0.1) is 0 Å². The molecule has 1 heterocycles. The van der Waals surface area contributed by atoms with Crippen LogP contribution in [0.4, 0.5) is 4.39 Å². The number of halogens is 1. The van der Waals surface area contributed by atoms with Gasteiger partial charge in [-0.05, 0) is 57.7 Å². The molecule has 2 rings (SSSR count). The molecule has 1 aromatic rings. The van der Waals surface area contributed by atoms with E-state index < -0.39 is 0 Å². The Bertz CT molecular complexity index is 419. The van der Waals surface area contributed by atoms with Crippen LogP contribution in [-0.4, -0.2) is 30.6 Å². The lowest BCUT2D eigenvalue weighted by Crippen LogP contribution is -2.39. The minimum atomic E-state index is -0.167. The second kappa shape index (κ2) is 6.38. The van der Waals surface area contributed by atoms with Gasteiger partial charge in [-0.3, -0.25) is 0 Å². The van der Waals surface area contributed by atoms with E-state index >= 15 is 0 Å². The molecular weight excluding hydrogens is 241 g/mol. The third-order valence-corrected chi connectivity index (χ3v) is 3.92. The summed E-state index contributed by atoms with van der Waals surface area (Å²) in [5.74, 6) is 0.512. The lowest BCUT2D eigenvalue weighted by Gasteiger charge is -2.35. The first-order valence-corrected chi connectivity index (χ1v) is 7.28. The molecular formula is C16H24FNO. The van der Waals surface area contributed by atoms with E-state index in [1.54, 1.807) is 6.07 Å². The van der Waals surface area contributed by atoms with Crippen LogP contribution in [0.1, 0.15) is 45.1 Å². The summed E-state index contributed by atoms with van der Waals surface area (Å²) >= 11 is 0. The Kier molecular flexibility index (Phi) is 4.81. The van der Waals surface area contributed by atoms with Gasteiger partial charge in [0.05, 0.1) is 6.61 Å². The highest BCUT2D eigenvalue weighted by Crippen LogP contribution is 2.32. The van der Waals surface area contributed by atoms with Crippen molar-refractivity contribution >= 4 is 0 Å². The Hall–Kier alpha value is -1.09. The van der Waals surface area contributed by atoms with E-state index in [-0.39, 0.29) is 11.7 Å². The molecule has 19 heavy (non-hydrogen) atoms. The summed E-state index contributed by atoms with van der Waals surface area (Å²) in [6.45, 7) is 8.87. The van der Waals surface area contributed by atoms with Crippen molar-refractivity contribution in [1.29, 1.82) is 0 Å². The van der Waals surface area contributed by atoms with E-state index in [1.165, 1.54) is 0 Å². The molecule has 1 saturated heterocycles. The van der Waals surface area contributed by atoms with Crippen molar-refractivity contribution in [3.05, 3.63) is 29.6 Å². The third-order valence-electron chi connectivity index (χ3n) is 3.92. The van der Waals surface area contributed by atoms with Gasteiger partial charge < -0.3 is 9.64 Å². The monoisotopic (exact) mass is 265 g/mol. The van der Waals surface area contributed by atoms with Crippen LogP contribution < -0.4 is 4.74 Å². The van der Waals surface area contributed by atoms with Crippen LogP contribution in [0.5, 0.6) is 5.75 Å². The van der Waals surface area contributed by atoms with E-state index in [1.807, 2.05) is 19.1 Å². The lowest BCUT2D eigenvalue weighted by molar-refractivity contribution is 0.166. The number of nitrogens with zero attached hydrogens (tertiary/aromatic N) is 1. The van der Waals surface area contributed by atoms with Gasteiger partial charge in [0.25, 0.3) is 0 Å². The molecule has 1 unspecified atom stereocenters. The highest BCUT2D eigenvalue weighted by molar-refractivity contribution is 5.33. The minimum Gasteiger partial charge on any atom is -0.491 e. The Morgan fingerprint density at radius 2 is 2.21 bits per heavy atom. The molecule has 1 fully saturated rings. The summed E-state index contributed by atoms with van der Waals surface area (Å²) in [5.41, 5.74) is 0.816. The predicted molar refractivity (Wildman–Crippen MR) is 76.3 cm³/mol. The van der Waals surface area contributed by atoms with E-state index in [4.69, 9.17) is 4.74 Å². The number of hydrogen-bond donors (Lipinski definition) is 0. The second-order valence-electron chi connectivity index (χ2n) is 5.52. The molecule has 0 N–H and O–H groups in total. The van der Waals surface area contributed by atoms with E-state index in [0.717, 1.165) is 31.5 Å². The maximum atomic E-state index is 14.4. The molecule has 1 aromatic carbocycles. The smallest absolute Gasteiger partial charge is 0.168 e. The zero-order chi connectivity index (χ0) is 13.8. The molecule has 0 bridgehead atoms. The molecule has 3 heteroatoms. The summed E-state index contributed by atoms with van der Waals surface area (Å²) in [5, 5.41) is 0. The standard InChI is InChI=1S/C16H24FNO/c1-4-19-15-9-5-8-14(16(15)17)13-7-6-10-18(11-13)12(2)3/h5,8-9,12-13H,4,6-7,10-11H2,1-3H3. The van der Waals surface area contributed by atoms with Gasteiger partial charge in [0.15, 0.2) is 11.6 Å². The Morgan fingerprint density at radius 3 is 2.89 bits per heavy atom. The summed E-state index contributed by atoms with van der Waals surface area (Å²) < 4.78 is 19.8. The molecule has 0 radical (unpaired) electrons. The van der Waals surface area contributed by atoms with Crippen LogP contribution in [0.2, 0.25) is 0 Å². The number of likely N-dealkylation sites (tertiary alicyclic amines) is 1. The first kappa shape index (κ1) is 14.3. The fourth-order valence-electron chi connectivity index (χ4n) is 2.84. The van der Waals surface area contributed by atoms with E-state index in [9.17, 15) is 4.39 Å². The average molecular weight is 265 g/mol. The number of rotatable bonds is 4. The molecule has 0 amide bonds. The summed E-state index contributed by atoms with van der Waals surface area (Å²) in [7, 11) is 0. The van der Waals surface area contributed by atoms with E-state index in [2.05, 4.69) is 18.7 Å². The topological polar surface area (TPSA) is 12.5 Å². The van der Waals surface area contributed by atoms with Gasteiger partial charge in [-0.2, -0.15) is 0 Å². The Balaban J connectivity index is 2.19. The van der Waals surface area contributed by atoms with Crippen molar-refractivity contribution in [1.82, 2.24) is 4.90 Å². The Labute approximate surface area is 115 Å². The number of benzene rings is 1. The van der Waals surface area contributed by atoms with Crippen LogP contribution >= 0.6 is 0 Å². The van der Waals surface area contributed by atoms with Crippen LogP contribution in [0, 0.1) is 5.82 Å². The van der Waals surface area contributed by atoms with Crippen LogP contribution in [0.3, 0.4) is 0 Å². The highest BCUT2D eigenvalue weighted by Gasteiger charge is 2.25. The van der Waals surface area contributed by atoms with Crippen molar-refractivity contribution in [2.45, 2.75) is 45.6 Å². The molecule has 1 atom stereocenters. The van der Waals surface area contributed by atoms with Crippen molar-refractivity contribution in [3.63, 3.8) is 0 Å². The maximum Gasteiger partial charge on any atom is 0.168 e. The molecule has 106 valence electrons. The zero-order valence-electron chi connectivity index (χ0n) is 12.2.